The van der Waals surface area contributed by atoms with E-state index in [0.717, 1.165) is 17.8 Å². The van der Waals surface area contributed by atoms with Crippen LogP contribution in [0.5, 0.6) is 11.8 Å². The molecule has 0 spiro atoms. The van der Waals surface area contributed by atoms with Gasteiger partial charge in [0.15, 0.2) is 5.75 Å². The summed E-state index contributed by atoms with van der Waals surface area (Å²) in [5.41, 5.74) is 2.24. The van der Waals surface area contributed by atoms with Crippen molar-refractivity contribution in [2.45, 2.75) is 26.9 Å². The lowest BCUT2D eigenvalue weighted by atomic mass is 10.2. The Bertz CT molecular complexity index is 508. The van der Waals surface area contributed by atoms with Gasteiger partial charge in [0.1, 0.15) is 12.0 Å². The van der Waals surface area contributed by atoms with Crippen molar-refractivity contribution in [1.29, 1.82) is 0 Å². The SMILES string of the molecule is CCc1nc(C)ccc1Oc1nc(CO)co1. The number of aromatic nitrogens is 2. The lowest BCUT2D eigenvalue weighted by molar-refractivity contribution is 0.276. The highest BCUT2D eigenvalue weighted by molar-refractivity contribution is 5.31. The van der Waals surface area contributed by atoms with Crippen molar-refractivity contribution in [2.24, 2.45) is 0 Å². The summed E-state index contributed by atoms with van der Waals surface area (Å²) in [6.07, 6.45) is 2.25. The van der Waals surface area contributed by atoms with Crippen LogP contribution >= 0.6 is 0 Å². The van der Waals surface area contributed by atoms with E-state index in [1.807, 2.05) is 26.0 Å². The molecule has 17 heavy (non-hydrogen) atoms. The van der Waals surface area contributed by atoms with Crippen molar-refractivity contribution in [3.63, 3.8) is 0 Å². The minimum absolute atomic E-state index is 0.120. The third-order valence-electron chi connectivity index (χ3n) is 2.30. The molecular formula is C12H14N2O3. The molecule has 2 aromatic rings. The number of aliphatic hydroxyl groups excluding tert-OH is 1. The van der Waals surface area contributed by atoms with Crippen LogP contribution in [0.3, 0.4) is 0 Å². The van der Waals surface area contributed by atoms with Crippen molar-refractivity contribution in [3.8, 4) is 11.8 Å². The summed E-state index contributed by atoms with van der Waals surface area (Å²) in [5, 5.41) is 8.86. The minimum Gasteiger partial charge on any atom is -0.417 e. The smallest absolute Gasteiger partial charge is 0.399 e. The minimum atomic E-state index is -0.167. The molecule has 5 nitrogen and oxygen atoms in total. The van der Waals surface area contributed by atoms with Crippen LogP contribution in [0.15, 0.2) is 22.8 Å². The lowest BCUT2D eigenvalue weighted by Gasteiger charge is -2.06. The number of oxazole rings is 1. The Morgan fingerprint density at radius 2 is 2.18 bits per heavy atom. The van der Waals surface area contributed by atoms with Crippen LogP contribution in [0, 0.1) is 6.92 Å². The van der Waals surface area contributed by atoms with Crippen LogP contribution in [0.4, 0.5) is 0 Å². The van der Waals surface area contributed by atoms with E-state index in [2.05, 4.69) is 9.97 Å². The van der Waals surface area contributed by atoms with Gasteiger partial charge in [0.2, 0.25) is 0 Å². The predicted molar refractivity (Wildman–Crippen MR) is 60.9 cm³/mol. The molecule has 0 aliphatic heterocycles. The molecule has 2 aromatic heterocycles. The van der Waals surface area contributed by atoms with Gasteiger partial charge in [-0.1, -0.05) is 6.92 Å². The Balaban J connectivity index is 2.23. The fourth-order valence-electron chi connectivity index (χ4n) is 1.45. The first kappa shape index (κ1) is 11.6. The molecule has 5 heteroatoms. The maximum absolute atomic E-state index is 8.86. The van der Waals surface area contributed by atoms with Crippen LogP contribution < -0.4 is 4.74 Å². The molecule has 0 saturated carbocycles. The van der Waals surface area contributed by atoms with Crippen molar-refractivity contribution in [1.82, 2.24) is 9.97 Å². The molecule has 0 fully saturated rings. The van der Waals surface area contributed by atoms with E-state index in [1.54, 1.807) is 0 Å². The fraction of sp³-hybridized carbons (Fsp3) is 0.333. The molecule has 0 radical (unpaired) electrons. The van der Waals surface area contributed by atoms with Gasteiger partial charge in [-0.2, -0.15) is 4.98 Å². The molecule has 2 rings (SSSR count). The second-order valence-corrected chi connectivity index (χ2v) is 3.62. The van der Waals surface area contributed by atoms with Crippen LogP contribution in [-0.2, 0) is 13.0 Å². The second kappa shape index (κ2) is 4.97. The molecule has 2 heterocycles. The zero-order valence-corrected chi connectivity index (χ0v) is 9.80. The summed E-state index contributed by atoms with van der Waals surface area (Å²) >= 11 is 0. The van der Waals surface area contributed by atoms with Gasteiger partial charge in [0, 0.05) is 5.69 Å². The largest absolute Gasteiger partial charge is 0.417 e. The van der Waals surface area contributed by atoms with Gasteiger partial charge in [0.25, 0.3) is 0 Å². The monoisotopic (exact) mass is 234 g/mol. The molecule has 90 valence electrons. The van der Waals surface area contributed by atoms with Crippen molar-refractivity contribution >= 4 is 0 Å². The van der Waals surface area contributed by atoms with Gasteiger partial charge in [0.05, 0.1) is 12.3 Å². The summed E-state index contributed by atoms with van der Waals surface area (Å²) < 4.78 is 10.6. The number of aryl methyl sites for hydroxylation is 2. The Labute approximate surface area is 99.1 Å². The number of rotatable bonds is 4. The zero-order chi connectivity index (χ0) is 12.3. The number of hydrogen-bond acceptors (Lipinski definition) is 5. The molecule has 0 aliphatic carbocycles. The van der Waals surface area contributed by atoms with Crippen LogP contribution in [-0.4, -0.2) is 15.1 Å². The summed E-state index contributed by atoms with van der Waals surface area (Å²) in [5.74, 6) is 0.629. The van der Waals surface area contributed by atoms with Crippen LogP contribution in [0.1, 0.15) is 24.0 Å². The van der Waals surface area contributed by atoms with Crippen molar-refractivity contribution < 1.29 is 14.3 Å². The molecule has 1 N–H and O–H groups in total. The molecule has 0 bridgehead atoms. The normalized spacial score (nSPS) is 10.5. The van der Waals surface area contributed by atoms with E-state index in [0.29, 0.717) is 11.4 Å². The second-order valence-electron chi connectivity index (χ2n) is 3.62. The van der Waals surface area contributed by atoms with Crippen molar-refractivity contribution in [2.75, 3.05) is 0 Å². The standard InChI is InChI=1S/C12H14N2O3/c1-3-10-11(5-4-8(2)13-10)17-12-14-9(6-15)7-16-12/h4-5,7,15H,3,6H2,1-2H3. The van der Waals surface area contributed by atoms with Gasteiger partial charge in [-0.25, -0.2) is 0 Å². The molecular weight excluding hydrogens is 220 g/mol. The lowest BCUT2D eigenvalue weighted by Crippen LogP contribution is -1.96. The number of nitrogens with zero attached hydrogens (tertiary/aromatic N) is 2. The Morgan fingerprint density at radius 3 is 2.82 bits per heavy atom. The summed E-state index contributed by atoms with van der Waals surface area (Å²) in [6, 6.07) is 3.70. The third kappa shape index (κ3) is 2.62. The van der Waals surface area contributed by atoms with E-state index in [4.69, 9.17) is 14.3 Å². The number of hydrogen-bond donors (Lipinski definition) is 1. The summed E-state index contributed by atoms with van der Waals surface area (Å²) in [6.45, 7) is 3.76. The topological polar surface area (TPSA) is 68.4 Å². The van der Waals surface area contributed by atoms with E-state index in [9.17, 15) is 0 Å². The molecule has 0 aromatic carbocycles. The van der Waals surface area contributed by atoms with E-state index in [-0.39, 0.29) is 12.7 Å². The molecule has 0 aliphatic rings. The maximum Gasteiger partial charge on any atom is 0.399 e. The predicted octanol–water partition coefficient (Wildman–Crippen LogP) is 2.23. The van der Waals surface area contributed by atoms with E-state index in [1.165, 1.54) is 6.26 Å². The Kier molecular flexibility index (Phi) is 3.39. The van der Waals surface area contributed by atoms with Crippen LogP contribution in [0.2, 0.25) is 0 Å². The highest BCUT2D eigenvalue weighted by atomic mass is 16.6. The molecule has 0 unspecified atom stereocenters. The van der Waals surface area contributed by atoms with Crippen LogP contribution in [0.25, 0.3) is 0 Å². The highest BCUT2D eigenvalue weighted by Gasteiger charge is 2.09. The first-order chi connectivity index (χ1) is 8.22. The van der Waals surface area contributed by atoms with Crippen molar-refractivity contribution in [3.05, 3.63) is 35.5 Å². The van der Waals surface area contributed by atoms with Gasteiger partial charge in [-0.05, 0) is 25.5 Å². The quantitative estimate of drug-likeness (QED) is 0.878. The Morgan fingerprint density at radius 1 is 1.35 bits per heavy atom. The Hall–Kier alpha value is -1.88. The average Bonchev–Trinajstić information content (AvgIpc) is 2.79. The zero-order valence-electron chi connectivity index (χ0n) is 9.80. The first-order valence-electron chi connectivity index (χ1n) is 5.42. The maximum atomic E-state index is 8.86. The molecule has 0 amide bonds. The van der Waals surface area contributed by atoms with E-state index < -0.39 is 0 Å². The number of aliphatic hydroxyl groups is 1. The van der Waals surface area contributed by atoms with Gasteiger partial charge >= 0.3 is 6.08 Å². The molecule has 0 saturated heterocycles. The van der Waals surface area contributed by atoms with Gasteiger partial charge < -0.3 is 14.3 Å². The average molecular weight is 234 g/mol. The molecule has 0 atom stereocenters. The fourth-order valence-corrected chi connectivity index (χ4v) is 1.45. The third-order valence-corrected chi connectivity index (χ3v) is 2.30. The summed E-state index contributed by atoms with van der Waals surface area (Å²) in [4.78, 5) is 8.33. The first-order valence-corrected chi connectivity index (χ1v) is 5.42. The van der Waals surface area contributed by atoms with Gasteiger partial charge in [-0.3, -0.25) is 4.98 Å². The van der Waals surface area contributed by atoms with E-state index >= 15 is 0 Å². The van der Waals surface area contributed by atoms with Gasteiger partial charge in [-0.15, -0.1) is 0 Å². The summed E-state index contributed by atoms with van der Waals surface area (Å²) in [7, 11) is 0. The number of ether oxygens (including phenoxy) is 1. The highest BCUT2D eigenvalue weighted by Crippen LogP contribution is 2.24. The number of pyridine rings is 1.